The average Bonchev–Trinajstić information content (AvgIpc) is 3.69. The van der Waals surface area contributed by atoms with E-state index in [4.69, 9.17) is 42.2 Å². The molecule has 0 bridgehead atoms. The lowest BCUT2D eigenvalue weighted by molar-refractivity contribution is -0.126. The maximum Gasteiger partial charge on any atom is 0.246 e. The molecule has 0 spiro atoms. The number of likely N-dealkylation sites (tertiary alicyclic amines) is 1. The van der Waals surface area contributed by atoms with Crippen LogP contribution in [0.25, 0.3) is 28.8 Å². The number of piperidine rings is 1. The molecule has 2 aliphatic heterocycles. The van der Waals surface area contributed by atoms with Crippen molar-refractivity contribution in [3.8, 4) is 34.2 Å². The molecule has 2 aliphatic rings. The molecule has 4 aromatic rings. The topological polar surface area (TPSA) is 77.7 Å². The molecule has 1 fully saturated rings. The summed E-state index contributed by atoms with van der Waals surface area (Å²) in [6, 6.07) is 12.8. The SMILES string of the molecule is O=C(/C=C/c1ccc2c(c1)OCO2)N1CCC(c2nc(-c3cc(-c4ccc(Cl)c(Cl)c4)no3)cs2)CC1. The molecule has 7 nitrogen and oxygen atoms in total. The first kappa shape index (κ1) is 24.0. The number of fused-ring (bicyclic) bond motifs is 1. The number of thiazole rings is 1. The van der Waals surface area contributed by atoms with E-state index in [1.807, 2.05) is 46.7 Å². The van der Waals surface area contributed by atoms with Crippen LogP contribution in [-0.2, 0) is 4.79 Å². The molecule has 1 amide bonds. The molecule has 6 rings (SSSR count). The van der Waals surface area contributed by atoms with Crippen LogP contribution in [0.1, 0.15) is 29.3 Å². The van der Waals surface area contributed by atoms with Crippen molar-refractivity contribution in [1.82, 2.24) is 15.0 Å². The van der Waals surface area contributed by atoms with Gasteiger partial charge in [-0.15, -0.1) is 11.3 Å². The zero-order valence-corrected chi connectivity index (χ0v) is 21.9. The van der Waals surface area contributed by atoms with Crippen LogP contribution in [0.3, 0.4) is 0 Å². The van der Waals surface area contributed by atoms with Gasteiger partial charge < -0.3 is 18.9 Å². The van der Waals surface area contributed by atoms with Crippen LogP contribution in [0.5, 0.6) is 11.5 Å². The number of halogens is 2. The normalized spacial score (nSPS) is 15.6. The average molecular weight is 554 g/mol. The largest absolute Gasteiger partial charge is 0.454 e. The van der Waals surface area contributed by atoms with Gasteiger partial charge in [-0.3, -0.25) is 4.79 Å². The minimum atomic E-state index is 0.00689. The van der Waals surface area contributed by atoms with E-state index in [0.717, 1.165) is 40.4 Å². The highest BCUT2D eigenvalue weighted by Crippen LogP contribution is 2.35. The quantitative estimate of drug-likeness (QED) is 0.249. The third-order valence-corrected chi connectivity index (χ3v) is 8.22. The summed E-state index contributed by atoms with van der Waals surface area (Å²) in [7, 11) is 0. The highest BCUT2D eigenvalue weighted by Gasteiger charge is 2.25. The Kier molecular flexibility index (Phi) is 6.63. The summed E-state index contributed by atoms with van der Waals surface area (Å²) in [5.41, 5.74) is 3.15. The van der Waals surface area contributed by atoms with Gasteiger partial charge in [0.15, 0.2) is 17.3 Å². The van der Waals surface area contributed by atoms with E-state index in [-0.39, 0.29) is 12.7 Å². The fraction of sp³-hybridized carbons (Fsp3) is 0.222. The first-order valence-corrected chi connectivity index (χ1v) is 13.4. The van der Waals surface area contributed by atoms with Crippen molar-refractivity contribution < 1.29 is 18.8 Å². The van der Waals surface area contributed by atoms with Crippen molar-refractivity contribution in [3.63, 3.8) is 0 Å². The first-order valence-electron chi connectivity index (χ1n) is 11.8. The molecule has 2 aromatic heterocycles. The minimum Gasteiger partial charge on any atom is -0.454 e. The summed E-state index contributed by atoms with van der Waals surface area (Å²) >= 11 is 13.8. The summed E-state index contributed by atoms with van der Waals surface area (Å²) in [5.74, 6) is 2.34. The van der Waals surface area contributed by atoms with Crippen LogP contribution in [-0.4, -0.2) is 40.8 Å². The highest BCUT2D eigenvalue weighted by atomic mass is 35.5. The van der Waals surface area contributed by atoms with Gasteiger partial charge in [-0.05, 0) is 48.7 Å². The standard InChI is InChI=1S/C27H21Cl2N3O4S/c28-19-4-3-18(12-20(19)29)21-13-24(36-31-21)22-14-37-27(30-22)17-7-9-32(10-8-17)26(33)6-2-16-1-5-23-25(11-16)35-15-34-23/h1-6,11-14,17H,7-10,15H2/b6-2+. The Morgan fingerprint density at radius 2 is 1.84 bits per heavy atom. The molecule has 0 unspecified atom stereocenters. The number of hydrogen-bond donors (Lipinski definition) is 0. The van der Waals surface area contributed by atoms with Gasteiger partial charge in [0.05, 0.1) is 15.1 Å². The number of hydrogen-bond acceptors (Lipinski definition) is 7. The second kappa shape index (κ2) is 10.2. The molecule has 10 heteroatoms. The van der Waals surface area contributed by atoms with Crippen molar-refractivity contribution >= 4 is 46.5 Å². The molecule has 0 N–H and O–H groups in total. The van der Waals surface area contributed by atoms with Gasteiger partial charge in [-0.2, -0.15) is 0 Å². The lowest BCUT2D eigenvalue weighted by Gasteiger charge is -2.30. The fourth-order valence-corrected chi connectivity index (χ4v) is 5.69. The zero-order valence-electron chi connectivity index (χ0n) is 19.5. The van der Waals surface area contributed by atoms with Crippen LogP contribution in [0.2, 0.25) is 10.0 Å². The van der Waals surface area contributed by atoms with E-state index in [1.54, 1.807) is 29.5 Å². The number of benzene rings is 2. The Morgan fingerprint density at radius 3 is 2.68 bits per heavy atom. The molecule has 0 saturated carbocycles. The minimum absolute atomic E-state index is 0.00689. The first-order chi connectivity index (χ1) is 18.0. The van der Waals surface area contributed by atoms with E-state index in [0.29, 0.717) is 46.3 Å². The van der Waals surface area contributed by atoms with Gasteiger partial charge in [-0.1, -0.05) is 40.5 Å². The Hall–Kier alpha value is -3.33. The lowest BCUT2D eigenvalue weighted by atomic mass is 9.97. The Morgan fingerprint density at radius 1 is 1.00 bits per heavy atom. The van der Waals surface area contributed by atoms with Crippen LogP contribution in [0, 0.1) is 0 Å². The smallest absolute Gasteiger partial charge is 0.246 e. The summed E-state index contributed by atoms with van der Waals surface area (Å²) in [6.45, 7) is 1.61. The Bertz CT molecular complexity index is 1490. The van der Waals surface area contributed by atoms with Crippen LogP contribution in [0.15, 0.2) is 58.4 Å². The van der Waals surface area contributed by atoms with Gasteiger partial charge in [0.25, 0.3) is 0 Å². The van der Waals surface area contributed by atoms with Gasteiger partial charge in [0.2, 0.25) is 12.7 Å². The van der Waals surface area contributed by atoms with E-state index in [9.17, 15) is 4.79 Å². The predicted molar refractivity (Wildman–Crippen MR) is 143 cm³/mol. The molecule has 0 atom stereocenters. The Balaban J connectivity index is 1.06. The Labute approximate surface area is 227 Å². The molecular formula is C27H21Cl2N3O4S. The molecule has 4 heterocycles. The number of nitrogens with zero attached hydrogens (tertiary/aromatic N) is 3. The summed E-state index contributed by atoms with van der Waals surface area (Å²) in [5, 5.41) is 8.16. The molecule has 188 valence electrons. The molecule has 0 aliphatic carbocycles. The number of ether oxygens (including phenoxy) is 2. The third kappa shape index (κ3) is 5.09. The monoisotopic (exact) mass is 553 g/mol. The maximum atomic E-state index is 12.7. The number of rotatable bonds is 5. The van der Waals surface area contributed by atoms with Crippen molar-refractivity contribution in [2.75, 3.05) is 19.9 Å². The van der Waals surface area contributed by atoms with Crippen LogP contribution in [0.4, 0.5) is 0 Å². The predicted octanol–water partition coefficient (Wildman–Crippen LogP) is 6.92. The number of aromatic nitrogens is 2. The summed E-state index contributed by atoms with van der Waals surface area (Å²) < 4.78 is 16.3. The molecular weight excluding hydrogens is 533 g/mol. The number of amides is 1. The summed E-state index contributed by atoms with van der Waals surface area (Å²) in [4.78, 5) is 19.4. The maximum absolute atomic E-state index is 12.7. The lowest BCUT2D eigenvalue weighted by Crippen LogP contribution is -2.36. The van der Waals surface area contributed by atoms with Gasteiger partial charge in [0, 0.05) is 42.1 Å². The van der Waals surface area contributed by atoms with Gasteiger partial charge in [0.1, 0.15) is 11.4 Å². The van der Waals surface area contributed by atoms with E-state index < -0.39 is 0 Å². The van der Waals surface area contributed by atoms with Crippen molar-refractivity contribution in [2.45, 2.75) is 18.8 Å². The van der Waals surface area contributed by atoms with Gasteiger partial charge in [-0.25, -0.2) is 4.98 Å². The molecule has 1 saturated heterocycles. The van der Waals surface area contributed by atoms with Gasteiger partial charge >= 0.3 is 0 Å². The second-order valence-electron chi connectivity index (χ2n) is 8.82. The van der Waals surface area contributed by atoms with Crippen LogP contribution < -0.4 is 9.47 Å². The fourth-order valence-electron chi connectivity index (χ4n) is 4.41. The molecule has 0 radical (unpaired) electrons. The number of carbonyl (C=O) groups is 1. The van der Waals surface area contributed by atoms with Crippen molar-refractivity contribution in [1.29, 1.82) is 0 Å². The molecule has 37 heavy (non-hydrogen) atoms. The number of carbonyl (C=O) groups excluding carboxylic acids is 1. The second-order valence-corrected chi connectivity index (χ2v) is 10.5. The zero-order chi connectivity index (χ0) is 25.4. The van der Waals surface area contributed by atoms with E-state index in [1.165, 1.54) is 0 Å². The van der Waals surface area contributed by atoms with E-state index in [2.05, 4.69) is 5.16 Å². The third-order valence-electron chi connectivity index (χ3n) is 6.47. The molecule has 2 aromatic carbocycles. The van der Waals surface area contributed by atoms with E-state index >= 15 is 0 Å². The highest BCUT2D eigenvalue weighted by molar-refractivity contribution is 7.10. The summed E-state index contributed by atoms with van der Waals surface area (Å²) in [6.07, 6.45) is 5.16. The van der Waals surface area contributed by atoms with Crippen molar-refractivity contribution in [3.05, 3.63) is 74.5 Å². The van der Waals surface area contributed by atoms with Crippen LogP contribution >= 0.6 is 34.5 Å². The van der Waals surface area contributed by atoms with Crippen molar-refractivity contribution in [2.24, 2.45) is 0 Å².